The van der Waals surface area contributed by atoms with Crippen LogP contribution in [0.3, 0.4) is 0 Å². The van der Waals surface area contributed by atoms with E-state index < -0.39 is 0 Å². The SMILES string of the molecule is C#Cc1cccc(-c2cc(-c3ccccc3)cc(-c3cccc(C#C)n3)n2)n1. The molecule has 4 aromatic rings. The van der Waals surface area contributed by atoms with E-state index in [1.165, 1.54) is 0 Å². The van der Waals surface area contributed by atoms with E-state index >= 15 is 0 Å². The van der Waals surface area contributed by atoms with Crippen molar-refractivity contribution < 1.29 is 0 Å². The van der Waals surface area contributed by atoms with Crippen molar-refractivity contribution in [1.29, 1.82) is 0 Å². The standard InChI is InChI=1S/C25H15N3/c1-3-20-12-8-14-22(26-20)24-16-19(18-10-6-5-7-11-18)17-25(28-24)23-15-9-13-21(4-2)27-23/h1-2,5-17H. The molecule has 0 atom stereocenters. The lowest BCUT2D eigenvalue weighted by molar-refractivity contribution is 1.20. The Kier molecular flexibility index (Phi) is 4.66. The number of pyridine rings is 3. The Morgan fingerprint density at radius 3 is 1.54 bits per heavy atom. The number of hydrogen-bond donors (Lipinski definition) is 0. The van der Waals surface area contributed by atoms with Gasteiger partial charge in [0.2, 0.25) is 0 Å². The third-order valence-corrected chi connectivity index (χ3v) is 4.25. The van der Waals surface area contributed by atoms with Crippen molar-refractivity contribution in [2.75, 3.05) is 0 Å². The second-order valence-electron chi connectivity index (χ2n) is 6.10. The lowest BCUT2D eigenvalue weighted by atomic mass is 10.0. The number of hydrogen-bond acceptors (Lipinski definition) is 3. The summed E-state index contributed by atoms with van der Waals surface area (Å²) in [7, 11) is 0. The van der Waals surface area contributed by atoms with Crippen LogP contribution >= 0.6 is 0 Å². The monoisotopic (exact) mass is 357 g/mol. The summed E-state index contributed by atoms with van der Waals surface area (Å²) in [5.41, 5.74) is 6.10. The van der Waals surface area contributed by atoms with E-state index in [1.807, 2.05) is 54.6 Å². The number of aromatic nitrogens is 3. The van der Waals surface area contributed by atoms with Crippen LogP contribution in [0.4, 0.5) is 0 Å². The van der Waals surface area contributed by atoms with Crippen molar-refractivity contribution in [1.82, 2.24) is 15.0 Å². The van der Waals surface area contributed by atoms with Gasteiger partial charge in [0.15, 0.2) is 0 Å². The molecule has 130 valence electrons. The summed E-state index contributed by atoms with van der Waals surface area (Å²) in [6.45, 7) is 0. The Labute approximate surface area is 164 Å². The van der Waals surface area contributed by atoms with E-state index in [0.717, 1.165) is 22.5 Å². The van der Waals surface area contributed by atoms with Gasteiger partial charge in [-0.3, -0.25) is 0 Å². The van der Waals surface area contributed by atoms with Crippen LogP contribution in [0.2, 0.25) is 0 Å². The summed E-state index contributed by atoms with van der Waals surface area (Å²) in [4.78, 5) is 13.8. The maximum Gasteiger partial charge on any atom is 0.113 e. The Bertz CT molecular complexity index is 1150. The fraction of sp³-hybridized carbons (Fsp3) is 0. The molecular weight excluding hydrogens is 342 g/mol. The minimum Gasteiger partial charge on any atom is -0.244 e. The summed E-state index contributed by atoms with van der Waals surface area (Å²) < 4.78 is 0. The Morgan fingerprint density at radius 1 is 0.500 bits per heavy atom. The third kappa shape index (κ3) is 3.51. The Balaban J connectivity index is 1.93. The largest absolute Gasteiger partial charge is 0.244 e. The maximum atomic E-state index is 5.51. The van der Waals surface area contributed by atoms with Gasteiger partial charge in [0.25, 0.3) is 0 Å². The van der Waals surface area contributed by atoms with Crippen molar-refractivity contribution in [3.63, 3.8) is 0 Å². The highest BCUT2D eigenvalue weighted by Gasteiger charge is 2.11. The highest BCUT2D eigenvalue weighted by Crippen LogP contribution is 2.29. The molecule has 0 aliphatic carbocycles. The molecule has 0 radical (unpaired) electrons. The second-order valence-corrected chi connectivity index (χ2v) is 6.10. The van der Waals surface area contributed by atoms with Gasteiger partial charge in [-0.05, 0) is 47.5 Å². The molecule has 0 amide bonds. The highest BCUT2D eigenvalue weighted by atomic mass is 14.8. The van der Waals surface area contributed by atoms with Crippen LogP contribution in [-0.2, 0) is 0 Å². The summed E-state index contributed by atoms with van der Waals surface area (Å²) in [5, 5.41) is 0. The van der Waals surface area contributed by atoms with E-state index in [-0.39, 0.29) is 0 Å². The van der Waals surface area contributed by atoms with Gasteiger partial charge < -0.3 is 0 Å². The zero-order valence-electron chi connectivity index (χ0n) is 15.0. The van der Waals surface area contributed by atoms with Gasteiger partial charge in [0.05, 0.1) is 22.8 Å². The molecule has 0 unspecified atom stereocenters. The number of terminal acetylenes is 2. The zero-order chi connectivity index (χ0) is 19.3. The molecule has 0 aliphatic rings. The van der Waals surface area contributed by atoms with Gasteiger partial charge in [-0.25, -0.2) is 15.0 Å². The Morgan fingerprint density at radius 2 is 1.04 bits per heavy atom. The van der Waals surface area contributed by atoms with Gasteiger partial charge in [-0.1, -0.05) is 54.3 Å². The lowest BCUT2D eigenvalue weighted by Gasteiger charge is -2.10. The second kappa shape index (κ2) is 7.58. The van der Waals surface area contributed by atoms with Crippen molar-refractivity contribution in [3.05, 3.63) is 90.3 Å². The fourth-order valence-electron chi connectivity index (χ4n) is 2.91. The Hall–Kier alpha value is -4.21. The summed E-state index contributed by atoms with van der Waals surface area (Å²) in [6.07, 6.45) is 11.0. The number of nitrogens with zero attached hydrogens (tertiary/aromatic N) is 3. The lowest BCUT2D eigenvalue weighted by Crippen LogP contribution is -1.96. The van der Waals surface area contributed by atoms with E-state index in [0.29, 0.717) is 22.8 Å². The molecule has 28 heavy (non-hydrogen) atoms. The van der Waals surface area contributed by atoms with Gasteiger partial charge in [-0.2, -0.15) is 0 Å². The van der Waals surface area contributed by atoms with E-state index in [2.05, 4.69) is 33.9 Å². The van der Waals surface area contributed by atoms with Crippen molar-refractivity contribution in [2.24, 2.45) is 0 Å². The first-order chi connectivity index (χ1) is 13.8. The van der Waals surface area contributed by atoms with E-state index in [1.54, 1.807) is 12.1 Å². The molecular formula is C25H15N3. The average molecular weight is 357 g/mol. The van der Waals surface area contributed by atoms with Crippen molar-refractivity contribution >= 4 is 0 Å². The van der Waals surface area contributed by atoms with Gasteiger partial charge in [-0.15, -0.1) is 12.8 Å². The molecule has 0 fully saturated rings. The van der Waals surface area contributed by atoms with Crippen LogP contribution in [0.5, 0.6) is 0 Å². The average Bonchev–Trinajstić information content (AvgIpc) is 2.79. The van der Waals surface area contributed by atoms with Crippen molar-refractivity contribution in [2.45, 2.75) is 0 Å². The normalized spacial score (nSPS) is 10.1. The minimum atomic E-state index is 0.568. The molecule has 1 aromatic carbocycles. The molecule has 4 rings (SSSR count). The number of rotatable bonds is 3. The zero-order valence-corrected chi connectivity index (χ0v) is 15.0. The summed E-state index contributed by atoms with van der Waals surface area (Å²) in [6, 6.07) is 25.3. The molecule has 3 nitrogen and oxygen atoms in total. The van der Waals surface area contributed by atoms with Gasteiger partial charge in [0.1, 0.15) is 11.4 Å². The first-order valence-corrected chi connectivity index (χ1v) is 8.72. The fourth-order valence-corrected chi connectivity index (χ4v) is 2.91. The van der Waals surface area contributed by atoms with Crippen LogP contribution < -0.4 is 0 Å². The predicted octanol–water partition coefficient (Wildman–Crippen LogP) is 4.84. The molecule has 3 heterocycles. The molecule has 0 N–H and O–H groups in total. The predicted molar refractivity (Wildman–Crippen MR) is 112 cm³/mol. The van der Waals surface area contributed by atoms with Gasteiger partial charge >= 0.3 is 0 Å². The maximum absolute atomic E-state index is 5.51. The summed E-state index contributed by atoms with van der Waals surface area (Å²) >= 11 is 0. The van der Waals surface area contributed by atoms with Crippen LogP contribution in [-0.4, -0.2) is 15.0 Å². The first kappa shape index (κ1) is 17.2. The third-order valence-electron chi connectivity index (χ3n) is 4.25. The molecule has 3 aromatic heterocycles. The molecule has 0 aliphatic heterocycles. The van der Waals surface area contributed by atoms with Gasteiger partial charge in [0, 0.05) is 0 Å². The van der Waals surface area contributed by atoms with Crippen LogP contribution in [0.15, 0.2) is 78.9 Å². The van der Waals surface area contributed by atoms with E-state index in [9.17, 15) is 0 Å². The van der Waals surface area contributed by atoms with Crippen LogP contribution in [0.1, 0.15) is 11.4 Å². The first-order valence-electron chi connectivity index (χ1n) is 8.72. The molecule has 0 spiro atoms. The number of benzene rings is 1. The molecule has 0 saturated heterocycles. The molecule has 0 saturated carbocycles. The van der Waals surface area contributed by atoms with E-state index in [4.69, 9.17) is 17.8 Å². The van der Waals surface area contributed by atoms with Crippen LogP contribution in [0, 0.1) is 24.7 Å². The van der Waals surface area contributed by atoms with Crippen LogP contribution in [0.25, 0.3) is 33.9 Å². The molecule has 3 heteroatoms. The topological polar surface area (TPSA) is 38.7 Å². The highest BCUT2D eigenvalue weighted by molar-refractivity contribution is 5.74. The smallest absolute Gasteiger partial charge is 0.113 e. The van der Waals surface area contributed by atoms with Crippen molar-refractivity contribution in [3.8, 4) is 58.6 Å². The quantitative estimate of drug-likeness (QED) is 0.493. The summed E-state index contributed by atoms with van der Waals surface area (Å²) in [5.74, 6) is 5.14. The minimum absolute atomic E-state index is 0.568. The molecule has 0 bridgehead atoms.